The van der Waals surface area contributed by atoms with Crippen LogP contribution in [0.15, 0.2) is 0 Å². The van der Waals surface area contributed by atoms with E-state index >= 15 is 0 Å². The Morgan fingerprint density at radius 2 is 1.08 bits per heavy atom. The van der Waals surface area contributed by atoms with Gasteiger partial charge in [-0.25, -0.2) is 0 Å². The molecule has 0 bridgehead atoms. The lowest BCUT2D eigenvalue weighted by Gasteiger charge is -2.22. The van der Waals surface area contributed by atoms with Crippen LogP contribution in [-0.4, -0.2) is 62.3 Å². The highest BCUT2D eigenvalue weighted by Crippen LogP contribution is 1.99. The van der Waals surface area contributed by atoms with E-state index in [2.05, 4.69) is 0 Å². The van der Waals surface area contributed by atoms with Crippen molar-refractivity contribution in [3.8, 4) is 0 Å². The Morgan fingerprint density at radius 1 is 0.731 bits per heavy atom. The van der Waals surface area contributed by atoms with Crippen molar-refractivity contribution in [2.75, 3.05) is 39.5 Å². The van der Waals surface area contributed by atoms with Gasteiger partial charge in [0, 0.05) is 26.1 Å². The number of nitrogens with zero attached hydrogens (tertiary/aromatic N) is 1. The van der Waals surface area contributed by atoms with Gasteiger partial charge in [-0.1, -0.05) is 48.5 Å². The zero-order valence-electron chi connectivity index (χ0n) is 17.5. The van der Waals surface area contributed by atoms with Crippen molar-refractivity contribution < 1.29 is 28.6 Å². The van der Waals surface area contributed by atoms with Gasteiger partial charge in [-0.3, -0.25) is 19.3 Å². The molecule has 0 atom stereocenters. The third-order valence-corrected chi connectivity index (χ3v) is 3.21. The molecule has 0 aromatic heterocycles. The maximum atomic E-state index is 11.5. The summed E-state index contributed by atoms with van der Waals surface area (Å²) in [4.78, 5) is 36.0. The van der Waals surface area contributed by atoms with Gasteiger partial charge >= 0.3 is 17.9 Å². The van der Waals surface area contributed by atoms with E-state index in [-0.39, 0.29) is 49.6 Å². The van der Waals surface area contributed by atoms with E-state index in [1.54, 1.807) is 34.6 Å². The Labute approximate surface area is 158 Å². The molecule has 0 radical (unpaired) electrons. The van der Waals surface area contributed by atoms with Crippen LogP contribution in [0.5, 0.6) is 0 Å². The molecular formula is C19H37NO6. The highest BCUT2D eigenvalue weighted by atomic mass is 16.5. The van der Waals surface area contributed by atoms with E-state index in [1.807, 2.05) is 18.7 Å². The first-order valence-corrected chi connectivity index (χ1v) is 9.49. The van der Waals surface area contributed by atoms with Gasteiger partial charge in [0.1, 0.15) is 19.8 Å². The van der Waals surface area contributed by atoms with Crippen LogP contribution in [-0.2, 0) is 28.6 Å². The molecule has 0 aliphatic carbocycles. The molecule has 0 aromatic rings. The fourth-order valence-electron chi connectivity index (χ4n) is 1.61. The van der Waals surface area contributed by atoms with Crippen LogP contribution in [0.1, 0.15) is 54.9 Å². The molecule has 0 spiro atoms. The van der Waals surface area contributed by atoms with E-state index in [4.69, 9.17) is 14.2 Å². The third-order valence-electron chi connectivity index (χ3n) is 3.21. The second kappa shape index (κ2) is 16.8. The SMILES string of the molecule is CC.CCC(=O)OCCN(CCOC(=O)C(C)C)CCOC(=O)C(C)C. The zero-order chi connectivity index (χ0) is 20.5. The standard InChI is InChI=1S/C17H31NO6.C2H6/c1-6-15(19)22-10-7-18(8-11-23-16(20)13(2)3)9-12-24-17(21)14(4)5;1-2/h13-14H,6-12H2,1-5H3;1-2H3. The summed E-state index contributed by atoms with van der Waals surface area (Å²) in [5.74, 6) is -1.10. The van der Waals surface area contributed by atoms with Crippen LogP contribution >= 0.6 is 0 Å². The number of hydrogen-bond acceptors (Lipinski definition) is 7. The molecule has 0 fully saturated rings. The zero-order valence-corrected chi connectivity index (χ0v) is 17.5. The number of carbonyl (C=O) groups is 3. The molecule has 0 saturated heterocycles. The quantitative estimate of drug-likeness (QED) is 0.383. The summed E-state index contributed by atoms with van der Waals surface area (Å²) < 4.78 is 15.4. The minimum absolute atomic E-state index is 0.170. The first kappa shape index (κ1) is 26.6. The van der Waals surface area contributed by atoms with Gasteiger partial charge in [-0.15, -0.1) is 0 Å². The number of ether oxygens (including phenoxy) is 3. The molecule has 7 nitrogen and oxygen atoms in total. The highest BCUT2D eigenvalue weighted by molar-refractivity contribution is 5.71. The molecule has 7 heteroatoms. The first-order valence-electron chi connectivity index (χ1n) is 9.49. The molecule has 0 saturated carbocycles. The van der Waals surface area contributed by atoms with Gasteiger partial charge in [-0.2, -0.15) is 0 Å². The van der Waals surface area contributed by atoms with E-state index in [0.717, 1.165) is 0 Å². The minimum atomic E-state index is -0.257. The summed E-state index contributed by atoms with van der Waals surface area (Å²) in [6.07, 6.45) is 0.331. The van der Waals surface area contributed by atoms with Gasteiger partial charge in [-0.05, 0) is 0 Å². The highest BCUT2D eigenvalue weighted by Gasteiger charge is 2.13. The van der Waals surface area contributed by atoms with Crippen LogP contribution in [0.3, 0.4) is 0 Å². The Bertz CT molecular complexity index is 369. The summed E-state index contributed by atoms with van der Waals surface area (Å²) in [6.45, 7) is 15.0. The van der Waals surface area contributed by atoms with E-state index in [9.17, 15) is 14.4 Å². The van der Waals surface area contributed by atoms with Crippen molar-refractivity contribution in [1.29, 1.82) is 0 Å². The summed E-state index contributed by atoms with van der Waals surface area (Å²) >= 11 is 0. The Kier molecular flexibility index (Phi) is 17.2. The van der Waals surface area contributed by atoms with Gasteiger partial charge in [0.25, 0.3) is 0 Å². The van der Waals surface area contributed by atoms with Crippen molar-refractivity contribution in [3.05, 3.63) is 0 Å². The molecule has 0 N–H and O–H groups in total. The van der Waals surface area contributed by atoms with Crippen LogP contribution in [0, 0.1) is 11.8 Å². The lowest BCUT2D eigenvalue weighted by Crippen LogP contribution is -2.35. The predicted molar refractivity (Wildman–Crippen MR) is 101 cm³/mol. The fourth-order valence-corrected chi connectivity index (χ4v) is 1.61. The number of rotatable bonds is 12. The number of hydrogen-bond donors (Lipinski definition) is 0. The minimum Gasteiger partial charge on any atom is -0.464 e. The Hall–Kier alpha value is -1.63. The second-order valence-corrected chi connectivity index (χ2v) is 6.06. The van der Waals surface area contributed by atoms with Crippen molar-refractivity contribution >= 4 is 17.9 Å². The monoisotopic (exact) mass is 375 g/mol. The van der Waals surface area contributed by atoms with E-state index in [0.29, 0.717) is 26.1 Å². The van der Waals surface area contributed by atoms with Crippen molar-refractivity contribution in [1.82, 2.24) is 4.90 Å². The summed E-state index contributed by atoms with van der Waals surface area (Å²) in [5.41, 5.74) is 0. The predicted octanol–water partition coefficient (Wildman–Crippen LogP) is 2.67. The summed E-state index contributed by atoms with van der Waals surface area (Å²) in [7, 11) is 0. The molecule has 0 aliphatic rings. The summed E-state index contributed by atoms with van der Waals surface area (Å²) in [6, 6.07) is 0. The second-order valence-electron chi connectivity index (χ2n) is 6.06. The molecule has 0 rings (SSSR count). The summed E-state index contributed by atoms with van der Waals surface area (Å²) in [5, 5.41) is 0. The lowest BCUT2D eigenvalue weighted by atomic mass is 10.2. The molecule has 0 heterocycles. The Morgan fingerprint density at radius 3 is 1.38 bits per heavy atom. The van der Waals surface area contributed by atoms with Gasteiger partial charge in [0.2, 0.25) is 0 Å². The maximum absolute atomic E-state index is 11.5. The molecule has 0 unspecified atom stereocenters. The van der Waals surface area contributed by atoms with E-state index in [1.165, 1.54) is 0 Å². The normalized spacial score (nSPS) is 10.4. The van der Waals surface area contributed by atoms with Gasteiger partial charge in [0.05, 0.1) is 11.8 Å². The molecule has 0 aromatic carbocycles. The smallest absolute Gasteiger partial charge is 0.308 e. The lowest BCUT2D eigenvalue weighted by molar-refractivity contribution is -0.148. The van der Waals surface area contributed by atoms with Crippen LogP contribution < -0.4 is 0 Å². The van der Waals surface area contributed by atoms with Gasteiger partial charge < -0.3 is 14.2 Å². The van der Waals surface area contributed by atoms with Crippen LogP contribution in [0.2, 0.25) is 0 Å². The van der Waals surface area contributed by atoms with Crippen molar-refractivity contribution in [2.24, 2.45) is 11.8 Å². The fraction of sp³-hybridized carbons (Fsp3) is 0.842. The van der Waals surface area contributed by atoms with Gasteiger partial charge in [0.15, 0.2) is 0 Å². The average molecular weight is 376 g/mol. The van der Waals surface area contributed by atoms with Crippen LogP contribution in [0.4, 0.5) is 0 Å². The average Bonchev–Trinajstić information content (AvgIpc) is 2.62. The number of esters is 3. The molecule has 0 amide bonds. The maximum Gasteiger partial charge on any atom is 0.308 e. The third kappa shape index (κ3) is 14.7. The number of carbonyl (C=O) groups excluding carboxylic acids is 3. The molecular weight excluding hydrogens is 338 g/mol. The Balaban J connectivity index is 0. The topological polar surface area (TPSA) is 82.1 Å². The molecule has 0 aliphatic heterocycles. The van der Waals surface area contributed by atoms with Crippen molar-refractivity contribution in [2.45, 2.75) is 54.9 Å². The van der Waals surface area contributed by atoms with E-state index < -0.39 is 0 Å². The molecule has 26 heavy (non-hydrogen) atoms. The largest absolute Gasteiger partial charge is 0.464 e. The van der Waals surface area contributed by atoms with Crippen LogP contribution in [0.25, 0.3) is 0 Å². The molecule has 154 valence electrons. The first-order chi connectivity index (χ1) is 12.3. The van der Waals surface area contributed by atoms with Crippen molar-refractivity contribution in [3.63, 3.8) is 0 Å².